The van der Waals surface area contributed by atoms with Gasteiger partial charge in [0.2, 0.25) is 5.13 Å². The summed E-state index contributed by atoms with van der Waals surface area (Å²) >= 11 is 1.35. The van der Waals surface area contributed by atoms with Crippen molar-refractivity contribution < 1.29 is 9.59 Å². The van der Waals surface area contributed by atoms with Crippen molar-refractivity contribution in [1.82, 2.24) is 4.98 Å². The molecule has 0 spiro atoms. The monoisotopic (exact) mass is 420 g/mol. The predicted molar refractivity (Wildman–Crippen MR) is 125 cm³/mol. The number of aryl methyl sites for hydroxylation is 1. The van der Waals surface area contributed by atoms with E-state index in [-0.39, 0.29) is 11.8 Å². The molecule has 1 aromatic heterocycles. The molecule has 0 N–H and O–H groups in total. The number of carbonyl (C=O) groups is 2. The number of nitrogens with zero attached hydrogens (tertiary/aromatic N) is 2. The van der Waals surface area contributed by atoms with E-state index in [1.54, 1.807) is 6.07 Å². The summed E-state index contributed by atoms with van der Waals surface area (Å²) in [6, 6.07) is 25.3. The maximum Gasteiger partial charge on any atom is 0.267 e. The molecular formula is C26H16N2O2S. The molecule has 31 heavy (non-hydrogen) atoms. The highest BCUT2D eigenvalue weighted by atomic mass is 32.1. The Balaban J connectivity index is 1.57. The Morgan fingerprint density at radius 3 is 2.32 bits per heavy atom. The Kier molecular flexibility index (Phi) is 3.82. The van der Waals surface area contributed by atoms with E-state index in [2.05, 4.69) is 30.1 Å². The van der Waals surface area contributed by atoms with Gasteiger partial charge in [-0.3, -0.25) is 9.59 Å². The molecule has 5 heteroatoms. The van der Waals surface area contributed by atoms with Gasteiger partial charge in [0, 0.05) is 16.5 Å². The average Bonchev–Trinajstić information content (AvgIpc) is 3.21. The minimum absolute atomic E-state index is 0.330. The lowest BCUT2D eigenvalue weighted by molar-refractivity contribution is 0.0893. The number of hydrogen-bond donors (Lipinski definition) is 0. The number of amides is 2. The molecule has 0 saturated carbocycles. The van der Waals surface area contributed by atoms with Crippen molar-refractivity contribution in [3.63, 3.8) is 0 Å². The molecule has 0 saturated heterocycles. The zero-order chi connectivity index (χ0) is 21.1. The second-order valence-corrected chi connectivity index (χ2v) is 8.68. The van der Waals surface area contributed by atoms with Gasteiger partial charge in [0.05, 0.1) is 10.2 Å². The third kappa shape index (κ3) is 2.64. The summed E-state index contributed by atoms with van der Waals surface area (Å²) in [5.41, 5.74) is 5.08. The fourth-order valence-corrected chi connectivity index (χ4v) is 5.25. The number of anilines is 1. The van der Waals surface area contributed by atoms with Crippen LogP contribution in [0.5, 0.6) is 0 Å². The summed E-state index contributed by atoms with van der Waals surface area (Å²) in [6.45, 7) is 2.05. The minimum Gasteiger partial charge on any atom is -0.268 e. The molecule has 2 amide bonds. The zero-order valence-electron chi connectivity index (χ0n) is 16.6. The molecule has 1 aliphatic rings. The molecule has 0 bridgehead atoms. The van der Waals surface area contributed by atoms with Crippen LogP contribution in [0.2, 0.25) is 0 Å². The second-order valence-electron chi connectivity index (χ2n) is 7.67. The number of para-hydroxylation sites is 1. The molecule has 2 heterocycles. The van der Waals surface area contributed by atoms with Crippen molar-refractivity contribution in [2.75, 3.05) is 4.90 Å². The van der Waals surface area contributed by atoms with E-state index in [9.17, 15) is 9.59 Å². The van der Waals surface area contributed by atoms with Gasteiger partial charge in [-0.1, -0.05) is 71.5 Å². The first-order chi connectivity index (χ1) is 15.1. The molecular weight excluding hydrogens is 404 g/mol. The van der Waals surface area contributed by atoms with Crippen molar-refractivity contribution in [3.05, 3.63) is 95.6 Å². The fraction of sp³-hybridized carbons (Fsp3) is 0.0385. The van der Waals surface area contributed by atoms with Crippen LogP contribution >= 0.6 is 11.3 Å². The number of thiazole rings is 1. The van der Waals surface area contributed by atoms with Crippen molar-refractivity contribution in [2.45, 2.75) is 6.92 Å². The first-order valence-electron chi connectivity index (χ1n) is 9.99. The molecule has 0 unspecified atom stereocenters. The quantitative estimate of drug-likeness (QED) is 0.318. The maximum atomic E-state index is 13.5. The summed E-state index contributed by atoms with van der Waals surface area (Å²) in [5.74, 6) is -0.660. The Bertz CT molecular complexity index is 1490. The number of benzene rings is 4. The standard InChI is InChI=1S/C26H16N2O2S/c1-15-6-4-7-16(14-15)17-12-13-20-23-18(17)8-5-9-19(23)24(29)28(25(20)30)26-27-21-10-2-3-11-22(21)31-26/h2-14H,1H3. The van der Waals surface area contributed by atoms with Crippen LogP contribution in [0.3, 0.4) is 0 Å². The highest BCUT2D eigenvalue weighted by molar-refractivity contribution is 7.22. The van der Waals surface area contributed by atoms with Crippen LogP contribution in [0, 0.1) is 6.92 Å². The third-order valence-electron chi connectivity index (χ3n) is 5.71. The Labute approximate surface area is 182 Å². The lowest BCUT2D eigenvalue weighted by Gasteiger charge is -2.26. The Morgan fingerprint density at radius 2 is 1.52 bits per heavy atom. The molecule has 6 rings (SSSR count). The van der Waals surface area contributed by atoms with Gasteiger partial charge in [-0.25, -0.2) is 9.88 Å². The highest BCUT2D eigenvalue weighted by Crippen LogP contribution is 2.39. The normalized spacial score (nSPS) is 13.4. The van der Waals surface area contributed by atoms with Crippen molar-refractivity contribution in [1.29, 1.82) is 0 Å². The van der Waals surface area contributed by atoms with Crippen LogP contribution in [0.4, 0.5) is 5.13 Å². The lowest BCUT2D eigenvalue weighted by atomic mass is 9.89. The van der Waals surface area contributed by atoms with Gasteiger partial charge in [-0.05, 0) is 47.7 Å². The summed E-state index contributed by atoms with van der Waals surface area (Å²) in [6.07, 6.45) is 0. The summed E-state index contributed by atoms with van der Waals surface area (Å²) in [7, 11) is 0. The van der Waals surface area contributed by atoms with E-state index in [0.717, 1.165) is 32.3 Å². The van der Waals surface area contributed by atoms with Crippen LogP contribution in [0.25, 0.3) is 32.1 Å². The van der Waals surface area contributed by atoms with E-state index >= 15 is 0 Å². The average molecular weight is 420 g/mol. The van der Waals surface area contributed by atoms with Gasteiger partial charge in [0.25, 0.3) is 11.8 Å². The number of aromatic nitrogens is 1. The van der Waals surface area contributed by atoms with E-state index in [4.69, 9.17) is 0 Å². The summed E-state index contributed by atoms with van der Waals surface area (Å²) in [5, 5.41) is 2.03. The molecule has 0 atom stereocenters. The highest BCUT2D eigenvalue weighted by Gasteiger charge is 2.36. The van der Waals surface area contributed by atoms with Crippen LogP contribution < -0.4 is 4.90 Å². The van der Waals surface area contributed by atoms with Gasteiger partial charge in [0.15, 0.2) is 0 Å². The van der Waals surface area contributed by atoms with E-state index in [1.807, 2.05) is 54.6 Å². The van der Waals surface area contributed by atoms with Gasteiger partial charge in [-0.2, -0.15) is 0 Å². The van der Waals surface area contributed by atoms with E-state index in [0.29, 0.717) is 21.6 Å². The molecule has 4 aromatic carbocycles. The van der Waals surface area contributed by atoms with Crippen molar-refractivity contribution in [2.24, 2.45) is 0 Å². The molecule has 0 aliphatic carbocycles. The Hall–Kier alpha value is -3.83. The zero-order valence-corrected chi connectivity index (χ0v) is 17.4. The topological polar surface area (TPSA) is 50.3 Å². The van der Waals surface area contributed by atoms with Gasteiger partial charge in [-0.15, -0.1) is 0 Å². The SMILES string of the molecule is Cc1cccc(-c2ccc3c4c(cccc24)C(=O)N(c2nc4ccccc4s2)C3=O)c1. The first-order valence-corrected chi connectivity index (χ1v) is 10.8. The van der Waals surface area contributed by atoms with Crippen LogP contribution in [0.1, 0.15) is 26.3 Å². The summed E-state index contributed by atoms with van der Waals surface area (Å²) in [4.78, 5) is 32.7. The van der Waals surface area contributed by atoms with Gasteiger partial charge in [0.1, 0.15) is 0 Å². The minimum atomic E-state index is -0.330. The first kappa shape index (κ1) is 18.0. The van der Waals surface area contributed by atoms with Crippen LogP contribution in [-0.4, -0.2) is 16.8 Å². The molecule has 5 aromatic rings. The van der Waals surface area contributed by atoms with Crippen LogP contribution in [0.15, 0.2) is 78.9 Å². The number of hydrogen-bond acceptors (Lipinski definition) is 4. The fourth-order valence-electron chi connectivity index (χ4n) is 4.29. The second kappa shape index (κ2) is 6.59. The number of imide groups is 1. The Morgan fingerprint density at radius 1 is 0.774 bits per heavy atom. The predicted octanol–water partition coefficient (Wildman–Crippen LogP) is 6.23. The third-order valence-corrected chi connectivity index (χ3v) is 6.73. The number of rotatable bonds is 2. The van der Waals surface area contributed by atoms with Crippen molar-refractivity contribution >= 4 is 49.3 Å². The molecule has 0 fully saturated rings. The molecule has 4 nitrogen and oxygen atoms in total. The molecule has 148 valence electrons. The lowest BCUT2D eigenvalue weighted by Crippen LogP contribution is -2.40. The summed E-state index contributed by atoms with van der Waals surface area (Å²) < 4.78 is 0.942. The molecule has 1 aliphatic heterocycles. The smallest absolute Gasteiger partial charge is 0.267 e. The molecule has 0 radical (unpaired) electrons. The largest absolute Gasteiger partial charge is 0.268 e. The van der Waals surface area contributed by atoms with Gasteiger partial charge >= 0.3 is 0 Å². The van der Waals surface area contributed by atoms with Gasteiger partial charge < -0.3 is 0 Å². The van der Waals surface area contributed by atoms with Crippen molar-refractivity contribution in [3.8, 4) is 11.1 Å². The van der Waals surface area contributed by atoms with Crippen LogP contribution in [-0.2, 0) is 0 Å². The number of fused-ring (bicyclic) bond motifs is 1. The van der Waals surface area contributed by atoms with E-state index < -0.39 is 0 Å². The maximum absolute atomic E-state index is 13.5. The number of carbonyl (C=O) groups excluding carboxylic acids is 2. The van der Waals surface area contributed by atoms with E-state index in [1.165, 1.54) is 16.2 Å².